The van der Waals surface area contributed by atoms with Crippen LogP contribution in [0.1, 0.15) is 27.7 Å². The molecule has 0 heterocycles. The molecule has 0 aromatic heterocycles. The van der Waals surface area contributed by atoms with Crippen molar-refractivity contribution in [3.63, 3.8) is 0 Å². The van der Waals surface area contributed by atoms with Crippen LogP contribution < -0.4 is 0 Å². The molecule has 0 radical (unpaired) electrons. The maximum atomic E-state index is 9.44. The zero-order valence-corrected chi connectivity index (χ0v) is 10.6. The Kier molecular flexibility index (Phi) is 19.9. The molecule has 0 bridgehead atoms. The van der Waals surface area contributed by atoms with E-state index in [0.717, 1.165) is 0 Å². The van der Waals surface area contributed by atoms with E-state index in [1.165, 1.54) is 27.7 Å². The van der Waals surface area contributed by atoms with Crippen LogP contribution in [0.3, 0.4) is 0 Å². The van der Waals surface area contributed by atoms with Gasteiger partial charge in [0.1, 0.15) is 11.6 Å². The fraction of sp³-hybridized carbons (Fsp3) is 0.667. The second-order valence-corrected chi connectivity index (χ2v) is 1.82. The van der Waals surface area contributed by atoms with Crippen LogP contribution in [0.2, 0.25) is 0 Å². The minimum Gasteiger partial charge on any atom is -0.300 e. The van der Waals surface area contributed by atoms with Gasteiger partial charge in [-0.05, 0) is 27.7 Å². The summed E-state index contributed by atoms with van der Waals surface area (Å²) in [6, 6.07) is 0. The van der Waals surface area contributed by atoms with Crippen molar-refractivity contribution in [1.82, 2.24) is 0 Å². The fourth-order valence-corrected chi connectivity index (χ4v) is 0. The number of carbonyl (C=O) groups is 2. The number of hydrogen-bond acceptors (Lipinski definition) is 2. The number of rotatable bonds is 0. The third-order valence-electron chi connectivity index (χ3n) is 0. The van der Waals surface area contributed by atoms with Gasteiger partial charge in [-0.1, -0.05) is 0 Å². The van der Waals surface area contributed by atoms with Gasteiger partial charge in [-0.15, -0.1) is 0 Å². The number of carbonyl (C=O) groups excluding carboxylic acids is 2. The molecule has 0 aliphatic heterocycles. The molecule has 0 atom stereocenters. The normalized spacial score (nSPS) is 5.78. The van der Waals surface area contributed by atoms with Crippen LogP contribution in [-0.4, -0.2) is 11.6 Å². The summed E-state index contributed by atoms with van der Waals surface area (Å²) in [5.41, 5.74) is 0. The van der Waals surface area contributed by atoms with E-state index in [-0.39, 0.29) is 38.9 Å². The van der Waals surface area contributed by atoms with Crippen LogP contribution in [0.25, 0.3) is 0 Å². The second-order valence-electron chi connectivity index (χ2n) is 1.82. The fourth-order valence-electron chi connectivity index (χ4n) is 0. The van der Waals surface area contributed by atoms with Gasteiger partial charge in [-0.25, -0.2) is 0 Å². The van der Waals surface area contributed by atoms with E-state index in [9.17, 15) is 9.59 Å². The third-order valence-corrected chi connectivity index (χ3v) is 0. The third kappa shape index (κ3) is 4720. The standard InChI is InChI=1S/2C3H6O.Cd/c2*1-3(2)4;/h2*1-2H3;. The van der Waals surface area contributed by atoms with Crippen LogP contribution in [0.15, 0.2) is 0 Å². The summed E-state index contributed by atoms with van der Waals surface area (Å²) >= 11 is 0. The minimum absolute atomic E-state index is 0. The van der Waals surface area contributed by atoms with Gasteiger partial charge < -0.3 is 9.59 Å². The van der Waals surface area contributed by atoms with Crippen molar-refractivity contribution < 1.29 is 36.9 Å². The molecule has 0 aromatic carbocycles. The van der Waals surface area contributed by atoms with Crippen LogP contribution in [-0.2, 0) is 36.9 Å². The Morgan fingerprint density at radius 3 is 0.778 bits per heavy atom. The zero-order chi connectivity index (χ0) is 7.15. The molecule has 0 saturated carbocycles. The van der Waals surface area contributed by atoms with Gasteiger partial charge in [-0.3, -0.25) is 0 Å². The molecule has 3 heteroatoms. The van der Waals surface area contributed by atoms with Gasteiger partial charge >= 0.3 is 0 Å². The van der Waals surface area contributed by atoms with Gasteiger partial charge in [0.05, 0.1) is 0 Å². The smallest absolute Gasteiger partial charge is 0.126 e. The summed E-state index contributed by atoms with van der Waals surface area (Å²) in [7, 11) is 0. The predicted molar refractivity (Wildman–Crippen MR) is 32.7 cm³/mol. The van der Waals surface area contributed by atoms with Crippen molar-refractivity contribution >= 4 is 11.6 Å². The summed E-state index contributed by atoms with van der Waals surface area (Å²) in [6.45, 7) is 6.11. The topological polar surface area (TPSA) is 34.1 Å². The van der Waals surface area contributed by atoms with Gasteiger partial charge in [0.25, 0.3) is 0 Å². The Hall–Kier alpha value is 0.262. The SMILES string of the molecule is CC(C)=O.CC(C)=O.[Cd]. The van der Waals surface area contributed by atoms with Crippen LogP contribution in [0.4, 0.5) is 0 Å². The minimum atomic E-state index is 0. The van der Waals surface area contributed by atoms with E-state index < -0.39 is 0 Å². The number of ketones is 2. The summed E-state index contributed by atoms with van der Waals surface area (Å²) in [5.74, 6) is 0.333. The molecule has 0 saturated heterocycles. The summed E-state index contributed by atoms with van der Waals surface area (Å²) in [4.78, 5) is 18.9. The Morgan fingerprint density at radius 2 is 0.778 bits per heavy atom. The van der Waals surface area contributed by atoms with Gasteiger partial charge in [0.2, 0.25) is 0 Å². The molecule has 0 aliphatic carbocycles. The zero-order valence-electron chi connectivity index (χ0n) is 6.52. The van der Waals surface area contributed by atoms with Crippen molar-refractivity contribution in [3.05, 3.63) is 0 Å². The van der Waals surface area contributed by atoms with Crippen LogP contribution in [0, 0.1) is 0 Å². The molecule has 0 aliphatic rings. The van der Waals surface area contributed by atoms with Crippen molar-refractivity contribution in [1.29, 1.82) is 0 Å². The first-order valence-electron chi connectivity index (χ1n) is 2.41. The molecule has 0 spiro atoms. The van der Waals surface area contributed by atoms with Gasteiger partial charge in [0, 0.05) is 27.3 Å². The second kappa shape index (κ2) is 11.1. The van der Waals surface area contributed by atoms with Crippen LogP contribution >= 0.6 is 0 Å². The summed E-state index contributed by atoms with van der Waals surface area (Å²) < 4.78 is 0. The maximum Gasteiger partial charge on any atom is 0.126 e. The Morgan fingerprint density at radius 1 is 0.778 bits per heavy atom. The predicted octanol–water partition coefficient (Wildman–Crippen LogP) is 1.19. The molecule has 50 valence electrons. The molecule has 0 rings (SSSR count). The molecular weight excluding hydrogens is 216 g/mol. The van der Waals surface area contributed by atoms with E-state index in [4.69, 9.17) is 0 Å². The van der Waals surface area contributed by atoms with E-state index in [0.29, 0.717) is 0 Å². The quantitative estimate of drug-likeness (QED) is 0.584. The summed E-state index contributed by atoms with van der Waals surface area (Å²) in [6.07, 6.45) is 0. The van der Waals surface area contributed by atoms with Crippen LogP contribution in [0.5, 0.6) is 0 Å². The number of hydrogen-bond donors (Lipinski definition) is 0. The number of Topliss-reactive ketones (excluding diaryl/α,β-unsaturated/α-hetero) is 2. The summed E-state index contributed by atoms with van der Waals surface area (Å²) in [5, 5.41) is 0. The molecule has 0 N–H and O–H groups in total. The van der Waals surface area contributed by atoms with Crippen molar-refractivity contribution in [2.24, 2.45) is 0 Å². The Balaban J connectivity index is -0.0000000720. The van der Waals surface area contributed by atoms with E-state index in [1.807, 2.05) is 0 Å². The monoisotopic (exact) mass is 230 g/mol. The first-order valence-corrected chi connectivity index (χ1v) is 2.41. The van der Waals surface area contributed by atoms with Crippen molar-refractivity contribution in [2.75, 3.05) is 0 Å². The first kappa shape index (κ1) is 16.1. The van der Waals surface area contributed by atoms with Gasteiger partial charge in [0.15, 0.2) is 0 Å². The van der Waals surface area contributed by atoms with Gasteiger partial charge in [-0.2, -0.15) is 0 Å². The molecule has 9 heavy (non-hydrogen) atoms. The first-order chi connectivity index (χ1) is 3.46. The van der Waals surface area contributed by atoms with Crippen molar-refractivity contribution in [3.8, 4) is 0 Å². The average molecular weight is 229 g/mol. The Labute approximate surface area is 76.2 Å². The molecule has 0 amide bonds. The molecule has 2 nitrogen and oxygen atoms in total. The average Bonchev–Trinajstić information content (AvgIpc) is 1.25. The maximum absolute atomic E-state index is 9.44. The molecule has 0 fully saturated rings. The van der Waals surface area contributed by atoms with E-state index >= 15 is 0 Å². The Bertz CT molecular complexity index is 69.1. The van der Waals surface area contributed by atoms with Crippen molar-refractivity contribution in [2.45, 2.75) is 27.7 Å². The largest absolute Gasteiger partial charge is 0.300 e. The molecule has 0 aromatic rings. The van der Waals surface area contributed by atoms with E-state index in [2.05, 4.69) is 0 Å². The molecular formula is C6H12CdO2. The van der Waals surface area contributed by atoms with E-state index in [1.54, 1.807) is 0 Å². The molecule has 0 unspecified atom stereocenters.